The summed E-state index contributed by atoms with van der Waals surface area (Å²) in [5, 5.41) is 9.97. The number of aromatic nitrogens is 2. The molecule has 0 bridgehead atoms. The highest BCUT2D eigenvalue weighted by Crippen LogP contribution is 2.30. The molecule has 8 nitrogen and oxygen atoms in total. The van der Waals surface area contributed by atoms with Gasteiger partial charge in [-0.2, -0.15) is 5.10 Å². The number of amides is 2. The molecule has 3 rings (SSSR count). The van der Waals surface area contributed by atoms with E-state index in [1.54, 1.807) is 36.0 Å². The van der Waals surface area contributed by atoms with E-state index in [0.29, 0.717) is 17.2 Å². The van der Waals surface area contributed by atoms with Crippen molar-refractivity contribution in [2.45, 2.75) is 6.92 Å². The van der Waals surface area contributed by atoms with Gasteiger partial charge in [-0.3, -0.25) is 14.7 Å². The Balaban J connectivity index is 1.76. The molecule has 0 saturated carbocycles. The molecule has 2 aromatic carbocycles. The molecule has 146 valence electrons. The van der Waals surface area contributed by atoms with Crippen molar-refractivity contribution in [3.63, 3.8) is 0 Å². The van der Waals surface area contributed by atoms with E-state index in [1.165, 1.54) is 0 Å². The van der Waals surface area contributed by atoms with E-state index in [2.05, 4.69) is 20.5 Å². The third-order valence-corrected chi connectivity index (χ3v) is 4.57. The predicted octanol–water partition coefficient (Wildman–Crippen LogP) is 3.41. The Hall–Kier alpha value is -3.33. The number of sulfonamides is 1. The van der Waals surface area contributed by atoms with E-state index < -0.39 is 16.1 Å². The first-order valence-electron chi connectivity index (χ1n) is 8.48. The highest BCUT2D eigenvalue weighted by Gasteiger charge is 2.17. The summed E-state index contributed by atoms with van der Waals surface area (Å²) in [5.41, 5.74) is 3.56. The summed E-state index contributed by atoms with van der Waals surface area (Å²) in [4.78, 5) is 12.5. The molecule has 0 aliphatic heterocycles. The molecule has 1 heterocycles. The van der Waals surface area contributed by atoms with Crippen LogP contribution in [-0.4, -0.2) is 30.5 Å². The maximum atomic E-state index is 12.5. The summed E-state index contributed by atoms with van der Waals surface area (Å²) < 4.78 is 26.5. The lowest BCUT2D eigenvalue weighted by molar-refractivity contribution is 0.262. The normalized spacial score (nSPS) is 11.1. The Kier molecular flexibility index (Phi) is 5.36. The largest absolute Gasteiger partial charge is 0.324 e. The highest BCUT2D eigenvalue weighted by atomic mass is 32.2. The second-order valence-electron chi connectivity index (χ2n) is 6.33. The van der Waals surface area contributed by atoms with Crippen LogP contribution >= 0.6 is 0 Å². The summed E-state index contributed by atoms with van der Waals surface area (Å²) in [7, 11) is -1.58. The second-order valence-corrected chi connectivity index (χ2v) is 8.08. The lowest BCUT2D eigenvalue weighted by Gasteiger charge is -2.11. The van der Waals surface area contributed by atoms with Crippen LogP contribution < -0.4 is 15.4 Å². The zero-order chi connectivity index (χ0) is 20.3. The van der Waals surface area contributed by atoms with Crippen molar-refractivity contribution in [2.24, 2.45) is 7.05 Å². The van der Waals surface area contributed by atoms with Gasteiger partial charge in [0.05, 0.1) is 11.9 Å². The number of hydrogen-bond acceptors (Lipinski definition) is 4. The minimum Gasteiger partial charge on any atom is -0.308 e. The topological polar surface area (TPSA) is 105 Å². The first-order valence-corrected chi connectivity index (χ1v) is 10.4. The average Bonchev–Trinajstić information content (AvgIpc) is 2.89. The summed E-state index contributed by atoms with van der Waals surface area (Å²) in [5.74, 6) is 0.580. The van der Waals surface area contributed by atoms with Gasteiger partial charge in [0, 0.05) is 24.0 Å². The molecule has 0 unspecified atom stereocenters. The van der Waals surface area contributed by atoms with E-state index in [4.69, 9.17) is 0 Å². The van der Waals surface area contributed by atoms with Crippen LogP contribution in [0.1, 0.15) is 5.69 Å². The molecule has 0 saturated heterocycles. The van der Waals surface area contributed by atoms with Crippen molar-refractivity contribution in [1.82, 2.24) is 9.78 Å². The number of nitrogens with zero attached hydrogens (tertiary/aromatic N) is 2. The minimum absolute atomic E-state index is 0.419. The van der Waals surface area contributed by atoms with E-state index in [0.717, 1.165) is 23.1 Å². The molecule has 28 heavy (non-hydrogen) atoms. The quantitative estimate of drug-likeness (QED) is 0.611. The fourth-order valence-corrected chi connectivity index (χ4v) is 3.42. The molecule has 0 fully saturated rings. The molecule has 0 aliphatic carbocycles. The highest BCUT2D eigenvalue weighted by molar-refractivity contribution is 7.92. The molecule has 0 radical (unpaired) electrons. The van der Waals surface area contributed by atoms with E-state index in [9.17, 15) is 13.2 Å². The number of carbonyl (C=O) groups is 1. The molecule has 3 N–H and O–H groups in total. The van der Waals surface area contributed by atoms with Gasteiger partial charge >= 0.3 is 6.03 Å². The summed E-state index contributed by atoms with van der Waals surface area (Å²) in [6.07, 6.45) is 1.08. The minimum atomic E-state index is -3.35. The van der Waals surface area contributed by atoms with Crippen molar-refractivity contribution in [3.05, 3.63) is 60.3 Å². The van der Waals surface area contributed by atoms with E-state index in [-0.39, 0.29) is 0 Å². The lowest BCUT2D eigenvalue weighted by atomic mass is 10.1. The summed E-state index contributed by atoms with van der Waals surface area (Å²) in [6.45, 7) is 1.89. The van der Waals surface area contributed by atoms with E-state index in [1.807, 2.05) is 37.3 Å². The maximum absolute atomic E-state index is 12.5. The number of benzene rings is 2. The van der Waals surface area contributed by atoms with Gasteiger partial charge < -0.3 is 5.32 Å². The van der Waals surface area contributed by atoms with Crippen LogP contribution in [0, 0.1) is 6.92 Å². The average molecular weight is 399 g/mol. The number of hydrogen-bond donors (Lipinski definition) is 3. The fourth-order valence-electron chi connectivity index (χ4n) is 2.86. The van der Waals surface area contributed by atoms with Crippen molar-refractivity contribution >= 4 is 33.2 Å². The predicted molar refractivity (Wildman–Crippen MR) is 111 cm³/mol. The second kappa shape index (κ2) is 7.73. The Morgan fingerprint density at radius 3 is 2.18 bits per heavy atom. The Morgan fingerprint density at radius 1 is 0.964 bits per heavy atom. The van der Waals surface area contributed by atoms with Crippen molar-refractivity contribution < 1.29 is 13.2 Å². The smallest absolute Gasteiger partial charge is 0.308 e. The Morgan fingerprint density at radius 2 is 1.57 bits per heavy atom. The van der Waals surface area contributed by atoms with Gasteiger partial charge in [0.2, 0.25) is 10.0 Å². The van der Waals surface area contributed by atoms with Gasteiger partial charge in [-0.05, 0) is 36.8 Å². The molecule has 0 spiro atoms. The van der Waals surface area contributed by atoms with Crippen LogP contribution in [0.3, 0.4) is 0 Å². The number of carbonyl (C=O) groups excluding carboxylic acids is 1. The number of nitrogens with one attached hydrogen (secondary N) is 3. The molecular weight excluding hydrogens is 378 g/mol. The zero-order valence-electron chi connectivity index (χ0n) is 15.7. The van der Waals surface area contributed by atoms with Gasteiger partial charge in [0.25, 0.3) is 0 Å². The number of urea groups is 1. The summed E-state index contributed by atoms with van der Waals surface area (Å²) in [6, 6.07) is 15.6. The van der Waals surface area contributed by atoms with Crippen LogP contribution in [0.2, 0.25) is 0 Å². The molecule has 0 atom stereocenters. The van der Waals surface area contributed by atoms with Gasteiger partial charge in [-0.1, -0.05) is 30.3 Å². The monoisotopic (exact) mass is 399 g/mol. The van der Waals surface area contributed by atoms with Crippen molar-refractivity contribution in [2.75, 3.05) is 21.6 Å². The molecular formula is C19H21N5O3S. The number of anilines is 3. The fraction of sp³-hybridized carbons (Fsp3) is 0.158. The third-order valence-electron chi connectivity index (χ3n) is 3.96. The van der Waals surface area contributed by atoms with Gasteiger partial charge in [-0.25, -0.2) is 13.2 Å². The summed E-state index contributed by atoms with van der Waals surface area (Å²) >= 11 is 0. The van der Waals surface area contributed by atoms with Crippen LogP contribution in [0.15, 0.2) is 54.6 Å². The van der Waals surface area contributed by atoms with Crippen molar-refractivity contribution in [3.8, 4) is 11.1 Å². The molecule has 2 amide bonds. The van der Waals surface area contributed by atoms with Crippen molar-refractivity contribution in [1.29, 1.82) is 0 Å². The third kappa shape index (κ3) is 4.68. The van der Waals surface area contributed by atoms with Gasteiger partial charge in [0.15, 0.2) is 0 Å². The molecule has 0 aliphatic rings. The van der Waals surface area contributed by atoms with Crippen LogP contribution in [0.5, 0.6) is 0 Å². The first kappa shape index (κ1) is 19.4. The zero-order valence-corrected chi connectivity index (χ0v) is 16.5. The molecule has 3 aromatic rings. The van der Waals surface area contributed by atoms with Crippen LogP contribution in [-0.2, 0) is 17.1 Å². The Bertz CT molecular complexity index is 1090. The molecule has 9 heteroatoms. The Labute approximate surface area is 163 Å². The number of aryl methyl sites for hydroxylation is 2. The van der Waals surface area contributed by atoms with Crippen LogP contribution in [0.4, 0.5) is 22.0 Å². The standard InChI is InChI=1S/C19H21N5O3S/c1-13-17(14-7-5-4-6-8-14)18(24(2)22-13)21-19(25)20-15-9-11-16(12-10-15)23-28(3,26)27/h4-12,23H,1-3H3,(H2,20,21,25). The van der Waals surface area contributed by atoms with Gasteiger partial charge in [-0.15, -0.1) is 0 Å². The lowest BCUT2D eigenvalue weighted by Crippen LogP contribution is -2.21. The maximum Gasteiger partial charge on any atom is 0.324 e. The molecule has 1 aromatic heterocycles. The SMILES string of the molecule is Cc1nn(C)c(NC(=O)Nc2ccc(NS(C)(=O)=O)cc2)c1-c1ccccc1. The first-order chi connectivity index (χ1) is 13.2. The van der Waals surface area contributed by atoms with E-state index >= 15 is 0 Å². The number of rotatable bonds is 5. The van der Waals surface area contributed by atoms with Crippen LogP contribution in [0.25, 0.3) is 11.1 Å². The van der Waals surface area contributed by atoms with Gasteiger partial charge in [0.1, 0.15) is 5.82 Å².